The Morgan fingerprint density at radius 1 is 1.23 bits per heavy atom. The summed E-state index contributed by atoms with van der Waals surface area (Å²) in [4.78, 5) is 40.3. The molecule has 4 aromatic rings. The van der Waals surface area contributed by atoms with Gasteiger partial charge in [0.25, 0.3) is 0 Å². The molecule has 4 heterocycles. The molecular weight excluding hydrogens is 471 g/mol. The van der Waals surface area contributed by atoms with Crippen LogP contribution in [0.5, 0.6) is 0 Å². The van der Waals surface area contributed by atoms with Crippen LogP contribution in [0.3, 0.4) is 0 Å². The highest BCUT2D eigenvalue weighted by molar-refractivity contribution is 7.16. The number of nitrogens with zero attached hydrogens (tertiary/aromatic N) is 4. The van der Waals surface area contributed by atoms with Crippen LogP contribution < -0.4 is 11.1 Å². The summed E-state index contributed by atoms with van der Waals surface area (Å²) in [5.74, 6) is -1.97. The zero-order valence-corrected chi connectivity index (χ0v) is 19.5. The van der Waals surface area contributed by atoms with Crippen LogP contribution in [0, 0.1) is 5.82 Å². The molecular formula is C24H21FN6O3S. The minimum atomic E-state index is -0.886. The lowest BCUT2D eigenvalue weighted by molar-refractivity contribution is -0.145. The number of nitrogens with two attached hydrogens (primary N) is 1. The minimum Gasteiger partial charge on any atom is -0.383 e. The number of ether oxygens (including phenoxy) is 1. The largest absolute Gasteiger partial charge is 0.383 e. The minimum absolute atomic E-state index is 0.0537. The summed E-state index contributed by atoms with van der Waals surface area (Å²) >= 11 is 1.50. The van der Waals surface area contributed by atoms with Crippen molar-refractivity contribution in [2.24, 2.45) is 0 Å². The molecule has 0 aliphatic carbocycles. The van der Waals surface area contributed by atoms with Crippen LogP contribution >= 0.6 is 11.3 Å². The molecule has 0 bridgehead atoms. The first-order valence-corrected chi connectivity index (χ1v) is 11.7. The normalized spacial score (nSPS) is 13.4. The molecule has 9 nitrogen and oxygen atoms in total. The number of thiazole rings is 1. The van der Waals surface area contributed by atoms with Gasteiger partial charge in [-0.15, -0.1) is 11.3 Å². The lowest BCUT2D eigenvalue weighted by Crippen LogP contribution is -2.41. The van der Waals surface area contributed by atoms with Gasteiger partial charge < -0.3 is 20.7 Å². The van der Waals surface area contributed by atoms with Crippen molar-refractivity contribution >= 4 is 44.9 Å². The molecule has 11 heteroatoms. The number of anilines is 2. The molecule has 0 saturated carbocycles. The van der Waals surface area contributed by atoms with Crippen molar-refractivity contribution in [2.75, 3.05) is 11.1 Å². The van der Waals surface area contributed by atoms with E-state index in [2.05, 4.69) is 20.3 Å². The van der Waals surface area contributed by atoms with E-state index in [-0.39, 0.29) is 25.5 Å². The third kappa shape index (κ3) is 4.43. The van der Waals surface area contributed by atoms with Gasteiger partial charge in [-0.3, -0.25) is 14.6 Å². The highest BCUT2D eigenvalue weighted by Crippen LogP contribution is 2.31. The molecule has 1 aliphatic heterocycles. The Balaban J connectivity index is 1.45. The number of halogens is 1. The van der Waals surface area contributed by atoms with E-state index in [0.29, 0.717) is 22.6 Å². The molecule has 2 amide bonds. The summed E-state index contributed by atoms with van der Waals surface area (Å²) in [6, 6.07) is 7.52. The summed E-state index contributed by atoms with van der Waals surface area (Å²) in [5.41, 5.74) is 10.9. The average molecular weight is 493 g/mol. The van der Waals surface area contributed by atoms with Crippen molar-refractivity contribution < 1.29 is 18.7 Å². The first kappa shape index (κ1) is 22.8. The fraction of sp³-hybridized carbons (Fsp3) is 0.208. The van der Waals surface area contributed by atoms with E-state index in [1.54, 1.807) is 12.4 Å². The van der Waals surface area contributed by atoms with Gasteiger partial charge in [-0.25, -0.2) is 14.4 Å². The maximum atomic E-state index is 14.6. The summed E-state index contributed by atoms with van der Waals surface area (Å²) < 4.78 is 21.0. The van der Waals surface area contributed by atoms with Crippen molar-refractivity contribution in [3.05, 3.63) is 76.4 Å². The first-order chi connectivity index (χ1) is 16.9. The predicted molar refractivity (Wildman–Crippen MR) is 129 cm³/mol. The molecule has 0 fully saturated rings. The number of hydrogen-bond donors (Lipinski definition) is 2. The van der Waals surface area contributed by atoms with Crippen molar-refractivity contribution in [2.45, 2.75) is 32.7 Å². The zero-order valence-electron chi connectivity index (χ0n) is 18.7. The summed E-state index contributed by atoms with van der Waals surface area (Å²) in [6.07, 6.45) is 2.85. The smallest absolute Gasteiger partial charge is 0.313 e. The quantitative estimate of drug-likeness (QED) is 0.408. The third-order valence-corrected chi connectivity index (χ3v) is 6.74. The number of carbonyl (C=O) groups is 2. The van der Waals surface area contributed by atoms with Gasteiger partial charge in [-0.1, -0.05) is 6.07 Å². The molecule has 178 valence electrons. The summed E-state index contributed by atoms with van der Waals surface area (Å²) in [6.45, 7) is 2.22. The zero-order chi connectivity index (χ0) is 24.5. The van der Waals surface area contributed by atoms with Crippen LogP contribution in [0.25, 0.3) is 10.2 Å². The van der Waals surface area contributed by atoms with Gasteiger partial charge in [-0.2, -0.15) is 0 Å². The van der Waals surface area contributed by atoms with Crippen LogP contribution in [-0.4, -0.2) is 31.7 Å². The van der Waals surface area contributed by atoms with Crippen LogP contribution in [-0.2, 0) is 34.1 Å². The Morgan fingerprint density at radius 2 is 2.06 bits per heavy atom. The molecule has 1 unspecified atom stereocenters. The first-order valence-electron chi connectivity index (χ1n) is 10.8. The fourth-order valence-corrected chi connectivity index (χ4v) is 4.70. The van der Waals surface area contributed by atoms with E-state index in [9.17, 15) is 14.0 Å². The number of fused-ring (bicyclic) bond motifs is 2. The molecule has 3 N–H and O–H groups in total. The van der Waals surface area contributed by atoms with E-state index >= 15 is 0 Å². The highest BCUT2D eigenvalue weighted by atomic mass is 32.1. The van der Waals surface area contributed by atoms with E-state index in [0.717, 1.165) is 15.8 Å². The number of aromatic nitrogens is 3. The number of benzene rings is 1. The SMILES string of the molecule is CC(c1ncccc1F)N(Cc1ccc2scnc2c1)C(=O)C(=O)Nc1cnc(N)c2c1COC2. The molecule has 5 rings (SSSR count). The molecule has 3 aromatic heterocycles. The number of nitrogens with one attached hydrogen (secondary N) is 1. The van der Waals surface area contributed by atoms with Gasteiger partial charge in [-0.05, 0) is 36.8 Å². The second kappa shape index (κ2) is 9.35. The van der Waals surface area contributed by atoms with E-state index in [4.69, 9.17) is 10.5 Å². The molecule has 0 saturated heterocycles. The monoisotopic (exact) mass is 492 g/mol. The van der Waals surface area contributed by atoms with Crippen LogP contribution in [0.2, 0.25) is 0 Å². The van der Waals surface area contributed by atoms with Crippen LogP contribution in [0.1, 0.15) is 35.3 Å². The van der Waals surface area contributed by atoms with Crippen LogP contribution in [0.15, 0.2) is 48.2 Å². The van der Waals surface area contributed by atoms with Gasteiger partial charge >= 0.3 is 11.8 Å². The fourth-order valence-electron chi connectivity index (χ4n) is 4.04. The predicted octanol–water partition coefficient (Wildman–Crippen LogP) is 3.57. The Kier molecular flexibility index (Phi) is 6.10. The van der Waals surface area contributed by atoms with Gasteiger partial charge in [0, 0.05) is 23.9 Å². The second-order valence-corrected chi connectivity index (χ2v) is 8.98. The van der Waals surface area contributed by atoms with Crippen molar-refractivity contribution in [1.82, 2.24) is 19.9 Å². The van der Waals surface area contributed by atoms with E-state index in [1.165, 1.54) is 40.8 Å². The van der Waals surface area contributed by atoms with Crippen molar-refractivity contribution in [1.29, 1.82) is 0 Å². The van der Waals surface area contributed by atoms with Crippen molar-refractivity contribution in [3.8, 4) is 0 Å². The lowest BCUT2D eigenvalue weighted by atomic mass is 10.1. The highest BCUT2D eigenvalue weighted by Gasteiger charge is 2.31. The summed E-state index contributed by atoms with van der Waals surface area (Å²) in [7, 11) is 0. The number of hydrogen-bond acceptors (Lipinski definition) is 8. The molecule has 1 aromatic carbocycles. The third-order valence-electron chi connectivity index (χ3n) is 5.93. The Morgan fingerprint density at radius 3 is 2.89 bits per heavy atom. The van der Waals surface area contributed by atoms with E-state index in [1.807, 2.05) is 18.2 Å². The second-order valence-electron chi connectivity index (χ2n) is 8.10. The van der Waals surface area contributed by atoms with Crippen LogP contribution in [0.4, 0.5) is 15.9 Å². The maximum Gasteiger partial charge on any atom is 0.313 e. The number of nitrogen functional groups attached to an aromatic ring is 1. The Hall–Kier alpha value is -3.96. The summed E-state index contributed by atoms with van der Waals surface area (Å²) in [5, 5.41) is 2.63. The number of carbonyl (C=O) groups excluding carboxylic acids is 2. The molecule has 0 radical (unpaired) electrons. The van der Waals surface area contributed by atoms with Gasteiger partial charge in [0.1, 0.15) is 11.6 Å². The Bertz CT molecular complexity index is 1440. The van der Waals surface area contributed by atoms with Gasteiger partial charge in [0.15, 0.2) is 0 Å². The molecule has 1 atom stereocenters. The lowest BCUT2D eigenvalue weighted by Gasteiger charge is -2.29. The van der Waals surface area contributed by atoms with Gasteiger partial charge in [0.05, 0.1) is 52.6 Å². The number of amides is 2. The maximum absolute atomic E-state index is 14.6. The Labute approximate surface area is 203 Å². The number of rotatable bonds is 5. The standard InChI is InChI=1S/C24H21FN6O3S/c1-13(21-17(25)3-2-6-27-21)31(9-14-4-5-20-18(7-14)29-12-35-20)24(33)23(32)30-19-8-28-22(26)16-11-34-10-15(16)19/h2-8,12-13H,9-11H2,1H3,(H2,26,28)(H,30,32). The number of pyridine rings is 2. The van der Waals surface area contributed by atoms with Gasteiger partial charge in [0.2, 0.25) is 0 Å². The molecule has 1 aliphatic rings. The van der Waals surface area contributed by atoms with E-state index < -0.39 is 23.7 Å². The average Bonchev–Trinajstić information content (AvgIpc) is 3.54. The molecule has 0 spiro atoms. The molecule has 35 heavy (non-hydrogen) atoms. The van der Waals surface area contributed by atoms with Crippen molar-refractivity contribution in [3.63, 3.8) is 0 Å². The topological polar surface area (TPSA) is 123 Å².